The van der Waals surface area contributed by atoms with Gasteiger partial charge in [-0.1, -0.05) is 23.7 Å². The summed E-state index contributed by atoms with van der Waals surface area (Å²) in [5, 5.41) is 18.0. The van der Waals surface area contributed by atoms with E-state index in [0.717, 1.165) is 0 Å². The summed E-state index contributed by atoms with van der Waals surface area (Å²) in [6, 6.07) is 6.63. The fourth-order valence-electron chi connectivity index (χ4n) is 1.24. The van der Waals surface area contributed by atoms with Crippen LogP contribution >= 0.6 is 11.6 Å². The number of hydrogen-bond acceptors (Lipinski definition) is 2. The summed E-state index contributed by atoms with van der Waals surface area (Å²) in [6.45, 7) is 0. The van der Waals surface area contributed by atoms with Crippen molar-refractivity contribution in [2.24, 2.45) is 0 Å². The SMILES string of the molecule is O=C(O)CC/C(=C\c1ccc(Cl)cc1)C(=O)O. The predicted octanol–water partition coefficient (Wildman–Crippen LogP) is 2.67. The lowest BCUT2D eigenvalue weighted by Gasteiger charge is -2.01. The van der Waals surface area contributed by atoms with Crippen LogP contribution in [0.4, 0.5) is 0 Å². The zero-order valence-corrected chi connectivity index (χ0v) is 9.65. The molecule has 0 unspecified atom stereocenters. The Kier molecular flexibility index (Phi) is 4.72. The van der Waals surface area contributed by atoms with Crippen molar-refractivity contribution in [1.29, 1.82) is 0 Å². The standard InChI is InChI=1S/C12H11ClO4/c13-10-4-1-8(2-5-10)7-9(12(16)17)3-6-11(14)15/h1-2,4-5,7H,3,6H2,(H,14,15)(H,16,17)/b9-7+. The molecule has 0 heterocycles. The van der Waals surface area contributed by atoms with Gasteiger partial charge in [-0.3, -0.25) is 4.79 Å². The van der Waals surface area contributed by atoms with Gasteiger partial charge in [0.1, 0.15) is 0 Å². The highest BCUT2D eigenvalue weighted by Crippen LogP contribution is 2.15. The summed E-state index contributed by atoms with van der Waals surface area (Å²) in [7, 11) is 0. The maximum absolute atomic E-state index is 10.9. The van der Waals surface area contributed by atoms with Gasteiger partial charge in [0, 0.05) is 17.0 Å². The van der Waals surface area contributed by atoms with E-state index in [4.69, 9.17) is 21.8 Å². The molecule has 1 rings (SSSR count). The van der Waals surface area contributed by atoms with Gasteiger partial charge >= 0.3 is 11.9 Å². The number of carbonyl (C=O) groups is 2. The number of carboxylic acid groups (broad SMARTS) is 2. The molecule has 1 aromatic carbocycles. The van der Waals surface area contributed by atoms with Crippen molar-refractivity contribution >= 4 is 29.6 Å². The van der Waals surface area contributed by atoms with Gasteiger partial charge in [0.2, 0.25) is 0 Å². The molecule has 5 heteroatoms. The van der Waals surface area contributed by atoms with Crippen LogP contribution in [-0.2, 0) is 9.59 Å². The molecule has 1 aromatic rings. The highest BCUT2D eigenvalue weighted by molar-refractivity contribution is 6.30. The van der Waals surface area contributed by atoms with E-state index in [1.807, 2.05) is 0 Å². The Morgan fingerprint density at radius 3 is 2.18 bits per heavy atom. The van der Waals surface area contributed by atoms with Crippen LogP contribution in [0.5, 0.6) is 0 Å². The predicted molar refractivity (Wildman–Crippen MR) is 63.9 cm³/mol. The van der Waals surface area contributed by atoms with Crippen molar-refractivity contribution in [3.8, 4) is 0 Å². The molecule has 0 amide bonds. The molecule has 17 heavy (non-hydrogen) atoms. The minimum Gasteiger partial charge on any atom is -0.481 e. The van der Waals surface area contributed by atoms with Crippen molar-refractivity contribution in [2.45, 2.75) is 12.8 Å². The number of benzene rings is 1. The lowest BCUT2D eigenvalue weighted by atomic mass is 10.1. The number of carboxylic acids is 2. The highest BCUT2D eigenvalue weighted by Gasteiger charge is 2.09. The summed E-state index contributed by atoms with van der Waals surface area (Å²) in [6.07, 6.45) is 1.24. The van der Waals surface area contributed by atoms with Gasteiger partial charge in [-0.15, -0.1) is 0 Å². The van der Waals surface area contributed by atoms with Crippen LogP contribution in [-0.4, -0.2) is 22.2 Å². The van der Waals surface area contributed by atoms with Crippen molar-refractivity contribution in [3.05, 3.63) is 40.4 Å². The minimum absolute atomic E-state index is 0.00665. The van der Waals surface area contributed by atoms with Gasteiger partial charge < -0.3 is 10.2 Å². The molecule has 90 valence electrons. The maximum atomic E-state index is 10.9. The lowest BCUT2D eigenvalue weighted by molar-refractivity contribution is -0.137. The first-order valence-electron chi connectivity index (χ1n) is 4.90. The molecule has 0 atom stereocenters. The summed E-state index contributed by atoms with van der Waals surface area (Å²) in [4.78, 5) is 21.3. The zero-order valence-electron chi connectivity index (χ0n) is 8.89. The topological polar surface area (TPSA) is 74.6 Å². The van der Waals surface area contributed by atoms with Gasteiger partial charge in [0.25, 0.3) is 0 Å². The number of halogens is 1. The van der Waals surface area contributed by atoms with E-state index in [2.05, 4.69) is 0 Å². The van der Waals surface area contributed by atoms with E-state index >= 15 is 0 Å². The van der Waals surface area contributed by atoms with Crippen molar-refractivity contribution in [2.75, 3.05) is 0 Å². The summed E-state index contributed by atoms with van der Waals surface area (Å²) < 4.78 is 0. The monoisotopic (exact) mass is 254 g/mol. The average Bonchev–Trinajstić information content (AvgIpc) is 2.26. The Morgan fingerprint density at radius 1 is 1.12 bits per heavy atom. The van der Waals surface area contributed by atoms with Gasteiger partial charge in [0.05, 0.1) is 0 Å². The van der Waals surface area contributed by atoms with E-state index in [9.17, 15) is 9.59 Å². The molecular formula is C12H11ClO4. The smallest absolute Gasteiger partial charge is 0.331 e. The van der Waals surface area contributed by atoms with Crippen LogP contribution in [0, 0.1) is 0 Å². The van der Waals surface area contributed by atoms with E-state index in [0.29, 0.717) is 10.6 Å². The number of rotatable bonds is 5. The fourth-order valence-corrected chi connectivity index (χ4v) is 1.37. The van der Waals surface area contributed by atoms with E-state index < -0.39 is 11.9 Å². The van der Waals surface area contributed by atoms with Crippen LogP contribution in [0.2, 0.25) is 5.02 Å². The summed E-state index contributed by atoms with van der Waals surface area (Å²) in [5.41, 5.74) is 0.743. The first-order chi connectivity index (χ1) is 7.99. The Balaban J connectivity index is 2.86. The van der Waals surface area contributed by atoms with Crippen LogP contribution in [0.1, 0.15) is 18.4 Å². The largest absolute Gasteiger partial charge is 0.481 e. The van der Waals surface area contributed by atoms with Gasteiger partial charge in [0.15, 0.2) is 0 Å². The normalized spacial score (nSPS) is 11.2. The van der Waals surface area contributed by atoms with E-state index in [1.54, 1.807) is 24.3 Å². The first kappa shape index (κ1) is 13.3. The van der Waals surface area contributed by atoms with E-state index in [-0.39, 0.29) is 18.4 Å². The Bertz CT molecular complexity index is 448. The van der Waals surface area contributed by atoms with Gasteiger partial charge in [-0.25, -0.2) is 4.79 Å². The molecule has 0 aromatic heterocycles. The molecular weight excluding hydrogens is 244 g/mol. The van der Waals surface area contributed by atoms with Crippen LogP contribution < -0.4 is 0 Å². The molecule has 4 nitrogen and oxygen atoms in total. The molecule has 0 fully saturated rings. The van der Waals surface area contributed by atoms with Crippen LogP contribution in [0.15, 0.2) is 29.8 Å². The lowest BCUT2D eigenvalue weighted by Crippen LogP contribution is -2.04. The van der Waals surface area contributed by atoms with E-state index in [1.165, 1.54) is 6.08 Å². The Hall–Kier alpha value is -1.81. The maximum Gasteiger partial charge on any atom is 0.331 e. The molecule has 0 aliphatic heterocycles. The second-order valence-electron chi connectivity index (χ2n) is 3.42. The molecule has 0 bridgehead atoms. The average molecular weight is 255 g/mol. The zero-order chi connectivity index (χ0) is 12.8. The molecule has 2 N–H and O–H groups in total. The highest BCUT2D eigenvalue weighted by atomic mass is 35.5. The summed E-state index contributed by atoms with van der Waals surface area (Å²) in [5.74, 6) is -2.13. The molecule has 0 saturated heterocycles. The number of aliphatic carboxylic acids is 2. The minimum atomic E-state index is -1.11. The van der Waals surface area contributed by atoms with Crippen LogP contribution in [0.25, 0.3) is 6.08 Å². The second-order valence-corrected chi connectivity index (χ2v) is 3.86. The summed E-state index contributed by atoms with van der Waals surface area (Å²) >= 11 is 5.70. The molecule has 0 aliphatic carbocycles. The molecule has 0 spiro atoms. The van der Waals surface area contributed by atoms with Crippen LogP contribution in [0.3, 0.4) is 0 Å². The molecule has 0 saturated carbocycles. The third kappa shape index (κ3) is 4.70. The van der Waals surface area contributed by atoms with Crippen molar-refractivity contribution in [3.63, 3.8) is 0 Å². The van der Waals surface area contributed by atoms with Gasteiger partial charge in [-0.05, 0) is 30.2 Å². The van der Waals surface area contributed by atoms with Gasteiger partial charge in [-0.2, -0.15) is 0 Å². The number of hydrogen-bond donors (Lipinski definition) is 2. The Morgan fingerprint density at radius 2 is 1.71 bits per heavy atom. The quantitative estimate of drug-likeness (QED) is 0.792. The molecule has 0 radical (unpaired) electrons. The fraction of sp³-hybridized carbons (Fsp3) is 0.167. The third-order valence-corrected chi connectivity index (χ3v) is 2.35. The third-order valence-electron chi connectivity index (χ3n) is 2.09. The second kappa shape index (κ2) is 6.06. The van der Waals surface area contributed by atoms with Crippen molar-refractivity contribution in [1.82, 2.24) is 0 Å². The van der Waals surface area contributed by atoms with Crippen molar-refractivity contribution < 1.29 is 19.8 Å². The Labute approximate surface area is 103 Å². The first-order valence-corrected chi connectivity index (χ1v) is 5.28. The molecule has 0 aliphatic rings.